The topological polar surface area (TPSA) is 49.4 Å². The van der Waals surface area contributed by atoms with Gasteiger partial charge in [-0.1, -0.05) is 89.8 Å². The molecule has 0 saturated heterocycles. The number of benzene rings is 3. The lowest BCUT2D eigenvalue weighted by atomic mass is 9.94. The first-order chi connectivity index (χ1) is 18.5. The quantitative estimate of drug-likeness (QED) is 0.261. The number of rotatable bonds is 11. The van der Waals surface area contributed by atoms with Crippen LogP contribution in [0.1, 0.15) is 48.8 Å². The van der Waals surface area contributed by atoms with E-state index in [0.29, 0.717) is 18.7 Å². The first-order valence-corrected chi connectivity index (χ1v) is 15.1. The highest BCUT2D eigenvalue weighted by Gasteiger charge is 2.31. The minimum Gasteiger partial charge on any atom is -0.352 e. The van der Waals surface area contributed by atoms with Crippen LogP contribution >= 0.6 is 27.7 Å². The van der Waals surface area contributed by atoms with Crippen molar-refractivity contribution in [1.82, 2.24) is 10.2 Å². The van der Waals surface area contributed by atoms with Crippen molar-refractivity contribution in [1.29, 1.82) is 0 Å². The molecule has 3 aromatic carbocycles. The van der Waals surface area contributed by atoms with Crippen LogP contribution in [0.25, 0.3) is 0 Å². The lowest BCUT2D eigenvalue weighted by Gasteiger charge is -2.33. The predicted octanol–water partition coefficient (Wildman–Crippen LogP) is 6.91. The molecule has 7 heteroatoms. The number of hydrogen-bond donors (Lipinski definition) is 1. The Morgan fingerprint density at radius 3 is 2.34 bits per heavy atom. The third kappa shape index (κ3) is 8.70. The Balaban J connectivity index is 1.56. The van der Waals surface area contributed by atoms with E-state index >= 15 is 0 Å². The number of nitrogens with zero attached hydrogens (tertiary/aromatic N) is 1. The SMILES string of the molecule is O=C(NC1CCCCC1)[C@@H](Cc1ccccc1)N(Cc1cccc(Br)c1)C(=O)CSCc1ccc(F)cc1. The lowest BCUT2D eigenvalue weighted by Crippen LogP contribution is -2.53. The Labute approximate surface area is 237 Å². The number of amides is 2. The average molecular weight is 598 g/mol. The molecular formula is C31H34BrFN2O2S. The third-order valence-corrected chi connectivity index (χ3v) is 8.35. The molecule has 1 aliphatic carbocycles. The Morgan fingerprint density at radius 2 is 1.63 bits per heavy atom. The molecule has 200 valence electrons. The fraction of sp³-hybridized carbons (Fsp3) is 0.355. The highest BCUT2D eigenvalue weighted by molar-refractivity contribution is 9.10. The van der Waals surface area contributed by atoms with E-state index in [4.69, 9.17) is 0 Å². The first kappa shape index (κ1) is 28.4. The molecule has 1 saturated carbocycles. The van der Waals surface area contributed by atoms with Crippen molar-refractivity contribution in [3.05, 3.63) is 106 Å². The maximum atomic E-state index is 13.8. The van der Waals surface area contributed by atoms with Gasteiger partial charge in [-0.2, -0.15) is 0 Å². The molecule has 0 heterocycles. The second-order valence-electron chi connectivity index (χ2n) is 9.82. The molecule has 3 aromatic rings. The molecule has 0 bridgehead atoms. The largest absolute Gasteiger partial charge is 0.352 e. The highest BCUT2D eigenvalue weighted by Crippen LogP contribution is 2.22. The Kier molecular flexibility index (Phi) is 10.8. The number of thioether (sulfide) groups is 1. The molecular weight excluding hydrogens is 563 g/mol. The zero-order valence-electron chi connectivity index (χ0n) is 21.5. The molecule has 2 amide bonds. The van der Waals surface area contributed by atoms with Gasteiger partial charge in [-0.15, -0.1) is 11.8 Å². The van der Waals surface area contributed by atoms with Crippen molar-refractivity contribution in [2.24, 2.45) is 0 Å². The normalized spacial score (nSPS) is 14.6. The van der Waals surface area contributed by atoms with E-state index in [-0.39, 0.29) is 29.4 Å². The number of nitrogens with one attached hydrogen (secondary N) is 1. The fourth-order valence-electron chi connectivity index (χ4n) is 4.85. The minimum absolute atomic E-state index is 0.0863. The molecule has 0 unspecified atom stereocenters. The summed E-state index contributed by atoms with van der Waals surface area (Å²) in [6, 6.07) is 23.6. The molecule has 1 aliphatic rings. The van der Waals surface area contributed by atoms with Gasteiger partial charge in [0, 0.05) is 29.2 Å². The lowest BCUT2D eigenvalue weighted by molar-refractivity contribution is -0.139. The highest BCUT2D eigenvalue weighted by atomic mass is 79.9. The monoisotopic (exact) mass is 596 g/mol. The zero-order chi connectivity index (χ0) is 26.7. The number of hydrogen-bond acceptors (Lipinski definition) is 3. The summed E-state index contributed by atoms with van der Waals surface area (Å²) in [5.74, 6) is 0.370. The van der Waals surface area contributed by atoms with Gasteiger partial charge in [0.2, 0.25) is 11.8 Å². The van der Waals surface area contributed by atoms with Crippen LogP contribution in [0.2, 0.25) is 0 Å². The van der Waals surface area contributed by atoms with Crippen LogP contribution in [0.4, 0.5) is 4.39 Å². The summed E-state index contributed by atoms with van der Waals surface area (Å²) in [4.78, 5) is 29.3. The van der Waals surface area contributed by atoms with Gasteiger partial charge < -0.3 is 10.2 Å². The standard InChI is InChI=1S/C31H34BrFN2O2S/c32-26-11-7-10-25(18-26)20-35(30(36)22-38-21-24-14-16-27(33)17-15-24)29(19-23-8-3-1-4-9-23)31(37)34-28-12-5-2-6-13-28/h1,3-4,7-11,14-18,28-29H,2,5-6,12-13,19-22H2,(H,34,37)/t29-/m1/s1. The van der Waals surface area contributed by atoms with Gasteiger partial charge in [-0.25, -0.2) is 4.39 Å². The molecule has 38 heavy (non-hydrogen) atoms. The van der Waals surface area contributed by atoms with Crippen LogP contribution in [-0.4, -0.2) is 34.6 Å². The molecule has 0 aromatic heterocycles. The van der Waals surface area contributed by atoms with E-state index in [0.717, 1.165) is 46.8 Å². The summed E-state index contributed by atoms with van der Waals surface area (Å²) in [7, 11) is 0. The van der Waals surface area contributed by atoms with Gasteiger partial charge in [-0.05, 0) is 53.8 Å². The van der Waals surface area contributed by atoms with Crippen LogP contribution in [0.3, 0.4) is 0 Å². The summed E-state index contributed by atoms with van der Waals surface area (Å²) in [5.41, 5.74) is 2.93. The number of carbonyl (C=O) groups is 2. The molecule has 4 rings (SSSR count). The molecule has 0 aliphatic heterocycles. The van der Waals surface area contributed by atoms with Crippen LogP contribution in [0.5, 0.6) is 0 Å². The predicted molar refractivity (Wildman–Crippen MR) is 156 cm³/mol. The van der Waals surface area contributed by atoms with Crippen molar-refractivity contribution in [2.75, 3.05) is 5.75 Å². The third-order valence-electron chi connectivity index (χ3n) is 6.87. The smallest absolute Gasteiger partial charge is 0.243 e. The molecule has 1 fully saturated rings. The van der Waals surface area contributed by atoms with Crippen molar-refractivity contribution < 1.29 is 14.0 Å². The summed E-state index contributed by atoms with van der Waals surface area (Å²) in [5, 5.41) is 3.27. The van der Waals surface area contributed by atoms with E-state index in [1.165, 1.54) is 30.3 Å². The van der Waals surface area contributed by atoms with Gasteiger partial charge in [0.1, 0.15) is 11.9 Å². The summed E-state index contributed by atoms with van der Waals surface area (Å²) < 4.78 is 14.2. The van der Waals surface area contributed by atoms with Gasteiger partial charge >= 0.3 is 0 Å². The van der Waals surface area contributed by atoms with E-state index < -0.39 is 6.04 Å². The Bertz CT molecular complexity index is 1190. The molecule has 0 spiro atoms. The van der Waals surface area contributed by atoms with Crippen molar-refractivity contribution in [2.45, 2.75) is 62.9 Å². The van der Waals surface area contributed by atoms with E-state index in [1.807, 2.05) is 54.6 Å². The van der Waals surface area contributed by atoms with Gasteiger partial charge in [0.05, 0.1) is 5.75 Å². The molecule has 0 radical (unpaired) electrons. The van der Waals surface area contributed by atoms with Crippen LogP contribution in [0, 0.1) is 5.82 Å². The minimum atomic E-state index is -0.628. The maximum absolute atomic E-state index is 13.8. The Hall–Kier alpha value is -2.64. The van der Waals surface area contributed by atoms with Crippen molar-refractivity contribution in [3.8, 4) is 0 Å². The maximum Gasteiger partial charge on any atom is 0.243 e. The Morgan fingerprint density at radius 1 is 0.921 bits per heavy atom. The second kappa shape index (κ2) is 14.5. The molecule has 1 atom stereocenters. The first-order valence-electron chi connectivity index (χ1n) is 13.2. The zero-order valence-corrected chi connectivity index (χ0v) is 23.9. The summed E-state index contributed by atoms with van der Waals surface area (Å²) in [6.07, 6.45) is 5.86. The average Bonchev–Trinajstić information content (AvgIpc) is 2.93. The second-order valence-corrected chi connectivity index (χ2v) is 11.7. The van der Waals surface area contributed by atoms with Crippen molar-refractivity contribution in [3.63, 3.8) is 0 Å². The van der Waals surface area contributed by atoms with Gasteiger partial charge in [0.25, 0.3) is 0 Å². The number of halogens is 2. The fourth-order valence-corrected chi connectivity index (χ4v) is 6.17. The van der Waals surface area contributed by atoms with Gasteiger partial charge in [0.15, 0.2) is 0 Å². The van der Waals surface area contributed by atoms with Gasteiger partial charge in [-0.3, -0.25) is 9.59 Å². The van der Waals surface area contributed by atoms with E-state index in [1.54, 1.807) is 17.0 Å². The van der Waals surface area contributed by atoms with Crippen LogP contribution in [-0.2, 0) is 28.3 Å². The van der Waals surface area contributed by atoms with Crippen LogP contribution in [0.15, 0.2) is 83.3 Å². The number of carbonyl (C=O) groups excluding carboxylic acids is 2. The summed E-state index contributed by atoms with van der Waals surface area (Å²) in [6.45, 7) is 0.338. The summed E-state index contributed by atoms with van der Waals surface area (Å²) >= 11 is 5.01. The molecule has 4 nitrogen and oxygen atoms in total. The van der Waals surface area contributed by atoms with Crippen LogP contribution < -0.4 is 5.32 Å². The molecule has 1 N–H and O–H groups in total. The van der Waals surface area contributed by atoms with E-state index in [2.05, 4.69) is 21.2 Å². The van der Waals surface area contributed by atoms with E-state index in [9.17, 15) is 14.0 Å². The van der Waals surface area contributed by atoms with Crippen molar-refractivity contribution >= 4 is 39.5 Å².